The molecule has 1 aromatic heterocycles. The van der Waals surface area contributed by atoms with E-state index in [-0.39, 0.29) is 12.1 Å². The van der Waals surface area contributed by atoms with Crippen LogP contribution in [0.1, 0.15) is 52.0 Å². The van der Waals surface area contributed by atoms with Crippen molar-refractivity contribution in [3.63, 3.8) is 0 Å². The Hall–Kier alpha value is -1.07. The van der Waals surface area contributed by atoms with E-state index < -0.39 is 5.60 Å². The van der Waals surface area contributed by atoms with Gasteiger partial charge >= 0.3 is 6.09 Å². The molecule has 0 fully saturated rings. The van der Waals surface area contributed by atoms with E-state index in [1.165, 1.54) is 4.88 Å². The van der Waals surface area contributed by atoms with Gasteiger partial charge in [-0.3, -0.25) is 0 Å². The minimum Gasteiger partial charge on any atom is -0.444 e. The maximum atomic E-state index is 11.6. The molecule has 1 heterocycles. The molecular weight excluding hydrogens is 272 g/mol. The van der Waals surface area contributed by atoms with Gasteiger partial charge in [0.15, 0.2) is 0 Å². The number of hydrogen-bond donors (Lipinski definition) is 2. The third kappa shape index (κ3) is 6.91. The fourth-order valence-electron chi connectivity index (χ4n) is 1.74. The summed E-state index contributed by atoms with van der Waals surface area (Å²) in [5, 5.41) is 8.39. The zero-order valence-corrected chi connectivity index (χ0v) is 13.8. The van der Waals surface area contributed by atoms with Gasteiger partial charge in [-0.2, -0.15) is 0 Å². The maximum absolute atomic E-state index is 11.6. The van der Waals surface area contributed by atoms with E-state index in [4.69, 9.17) is 4.74 Å². The van der Waals surface area contributed by atoms with E-state index in [1.54, 1.807) is 11.3 Å². The van der Waals surface area contributed by atoms with Crippen LogP contribution in [0.4, 0.5) is 4.79 Å². The SMILES string of the molecule is CC(CCNC(C)c1cccs1)NC(=O)OC(C)(C)C. The average molecular weight is 298 g/mol. The van der Waals surface area contributed by atoms with E-state index in [0.29, 0.717) is 6.04 Å². The van der Waals surface area contributed by atoms with Gasteiger partial charge in [-0.25, -0.2) is 4.79 Å². The fraction of sp³-hybridized carbons (Fsp3) is 0.667. The predicted octanol–water partition coefficient (Wildman–Crippen LogP) is 3.70. The van der Waals surface area contributed by atoms with Gasteiger partial charge in [-0.15, -0.1) is 11.3 Å². The fourth-order valence-corrected chi connectivity index (χ4v) is 2.49. The van der Waals surface area contributed by atoms with Crippen LogP contribution in [0.15, 0.2) is 17.5 Å². The topological polar surface area (TPSA) is 50.4 Å². The van der Waals surface area contributed by atoms with Crippen LogP contribution in [0.5, 0.6) is 0 Å². The third-order valence-electron chi connectivity index (χ3n) is 2.76. The van der Waals surface area contributed by atoms with E-state index in [1.807, 2.05) is 27.7 Å². The van der Waals surface area contributed by atoms with Crippen molar-refractivity contribution in [1.29, 1.82) is 0 Å². The van der Waals surface area contributed by atoms with Gasteiger partial charge in [0.05, 0.1) is 0 Å². The molecule has 0 aliphatic carbocycles. The highest BCUT2D eigenvalue weighted by Gasteiger charge is 2.17. The number of carbonyl (C=O) groups excluding carboxylic acids is 1. The average Bonchev–Trinajstić information content (AvgIpc) is 2.78. The zero-order chi connectivity index (χ0) is 15.2. The minimum atomic E-state index is -0.449. The zero-order valence-electron chi connectivity index (χ0n) is 13.0. The summed E-state index contributed by atoms with van der Waals surface area (Å²) < 4.78 is 5.23. The van der Waals surface area contributed by atoms with Crippen molar-refractivity contribution in [1.82, 2.24) is 10.6 Å². The normalized spacial score (nSPS) is 14.7. The lowest BCUT2D eigenvalue weighted by molar-refractivity contribution is 0.0506. The Morgan fingerprint density at radius 3 is 2.65 bits per heavy atom. The maximum Gasteiger partial charge on any atom is 0.407 e. The molecule has 0 aliphatic heterocycles. The molecule has 0 radical (unpaired) electrons. The van der Waals surface area contributed by atoms with Crippen LogP contribution in [0.25, 0.3) is 0 Å². The van der Waals surface area contributed by atoms with E-state index in [0.717, 1.165) is 13.0 Å². The minimum absolute atomic E-state index is 0.0906. The van der Waals surface area contributed by atoms with Crippen LogP contribution in [0.3, 0.4) is 0 Å². The van der Waals surface area contributed by atoms with Crippen LogP contribution in [0, 0.1) is 0 Å². The van der Waals surface area contributed by atoms with Gasteiger partial charge in [0.2, 0.25) is 0 Å². The summed E-state index contributed by atoms with van der Waals surface area (Å²) >= 11 is 1.75. The molecule has 2 N–H and O–H groups in total. The molecule has 1 aromatic rings. The Bertz CT molecular complexity index is 399. The molecule has 0 aliphatic rings. The summed E-state index contributed by atoms with van der Waals surface area (Å²) in [5.41, 5.74) is -0.449. The Morgan fingerprint density at radius 2 is 2.10 bits per heavy atom. The molecule has 0 saturated carbocycles. The van der Waals surface area contributed by atoms with Gasteiger partial charge < -0.3 is 15.4 Å². The molecule has 114 valence electrons. The second kappa shape index (κ2) is 7.64. The van der Waals surface area contributed by atoms with Crippen molar-refractivity contribution in [2.75, 3.05) is 6.54 Å². The molecule has 5 heteroatoms. The van der Waals surface area contributed by atoms with Crippen LogP contribution in [0.2, 0.25) is 0 Å². The lowest BCUT2D eigenvalue weighted by Gasteiger charge is -2.22. The highest BCUT2D eigenvalue weighted by Crippen LogP contribution is 2.17. The molecule has 2 unspecified atom stereocenters. The second-order valence-electron chi connectivity index (χ2n) is 6.03. The molecule has 4 nitrogen and oxygen atoms in total. The summed E-state index contributed by atoms with van der Waals surface area (Å²) in [4.78, 5) is 12.9. The number of alkyl carbamates (subject to hydrolysis) is 1. The first kappa shape index (κ1) is 17.0. The van der Waals surface area contributed by atoms with Crippen LogP contribution >= 0.6 is 11.3 Å². The first-order valence-corrected chi connectivity index (χ1v) is 7.92. The number of thiophene rings is 1. The highest BCUT2D eigenvalue weighted by atomic mass is 32.1. The van der Waals surface area contributed by atoms with Crippen molar-refractivity contribution < 1.29 is 9.53 Å². The van der Waals surface area contributed by atoms with Crippen molar-refractivity contribution in [2.45, 2.75) is 58.7 Å². The molecule has 1 amide bonds. The summed E-state index contributed by atoms with van der Waals surface area (Å²) in [7, 11) is 0. The molecule has 2 atom stereocenters. The van der Waals surface area contributed by atoms with Crippen LogP contribution < -0.4 is 10.6 Å². The monoisotopic (exact) mass is 298 g/mol. The molecule has 0 saturated heterocycles. The quantitative estimate of drug-likeness (QED) is 0.842. The Morgan fingerprint density at radius 1 is 1.40 bits per heavy atom. The molecule has 0 bridgehead atoms. The summed E-state index contributed by atoms with van der Waals surface area (Å²) in [6.45, 7) is 10.6. The largest absolute Gasteiger partial charge is 0.444 e. The molecule has 0 spiro atoms. The van der Waals surface area contributed by atoms with E-state index in [9.17, 15) is 4.79 Å². The number of ether oxygens (including phenoxy) is 1. The Labute approximate surface area is 125 Å². The molecule has 0 aromatic carbocycles. The number of carbonyl (C=O) groups is 1. The van der Waals surface area contributed by atoms with E-state index >= 15 is 0 Å². The smallest absolute Gasteiger partial charge is 0.407 e. The van der Waals surface area contributed by atoms with Crippen LogP contribution in [-0.2, 0) is 4.74 Å². The summed E-state index contributed by atoms with van der Waals surface area (Å²) in [5.74, 6) is 0. The Kier molecular flexibility index (Phi) is 6.49. The second-order valence-corrected chi connectivity index (χ2v) is 7.01. The van der Waals surface area contributed by atoms with Gasteiger partial charge in [0.1, 0.15) is 5.60 Å². The number of rotatable bonds is 6. The van der Waals surface area contributed by atoms with Crippen molar-refractivity contribution in [3.05, 3.63) is 22.4 Å². The number of amides is 1. The molecule has 1 rings (SSSR count). The van der Waals surface area contributed by atoms with Crippen molar-refractivity contribution in [2.24, 2.45) is 0 Å². The summed E-state index contributed by atoms with van der Waals surface area (Å²) in [6, 6.07) is 4.63. The number of nitrogens with one attached hydrogen (secondary N) is 2. The van der Waals surface area contributed by atoms with Gasteiger partial charge in [-0.1, -0.05) is 6.07 Å². The standard InChI is InChI=1S/C15H26N2O2S/c1-11(17-14(18)19-15(3,4)5)8-9-16-12(2)13-7-6-10-20-13/h6-7,10-12,16H,8-9H2,1-5H3,(H,17,18). The molecular formula is C15H26N2O2S. The van der Waals surface area contributed by atoms with Crippen molar-refractivity contribution >= 4 is 17.4 Å². The van der Waals surface area contributed by atoms with Crippen LogP contribution in [-0.4, -0.2) is 24.3 Å². The summed E-state index contributed by atoms with van der Waals surface area (Å²) in [6.07, 6.45) is 0.519. The van der Waals surface area contributed by atoms with E-state index in [2.05, 4.69) is 35.1 Å². The third-order valence-corrected chi connectivity index (χ3v) is 3.82. The van der Waals surface area contributed by atoms with Gasteiger partial charge in [0, 0.05) is 17.0 Å². The van der Waals surface area contributed by atoms with Crippen molar-refractivity contribution in [3.8, 4) is 0 Å². The number of hydrogen-bond acceptors (Lipinski definition) is 4. The van der Waals surface area contributed by atoms with Gasteiger partial charge in [-0.05, 0) is 59.0 Å². The van der Waals surface area contributed by atoms with Gasteiger partial charge in [0.25, 0.3) is 0 Å². The Balaban J connectivity index is 2.20. The highest BCUT2D eigenvalue weighted by molar-refractivity contribution is 7.10. The first-order chi connectivity index (χ1) is 9.28. The first-order valence-electron chi connectivity index (χ1n) is 7.04. The lowest BCUT2D eigenvalue weighted by atomic mass is 10.2. The lowest BCUT2D eigenvalue weighted by Crippen LogP contribution is -2.39. The molecule has 20 heavy (non-hydrogen) atoms. The predicted molar refractivity (Wildman–Crippen MR) is 84.2 cm³/mol.